The molecule has 1 aromatic rings. The zero-order chi connectivity index (χ0) is 18.6. The van der Waals surface area contributed by atoms with E-state index in [9.17, 15) is 4.79 Å². The number of hydrogen-bond donors (Lipinski definition) is 0. The van der Waals surface area contributed by atoms with Crippen LogP contribution in [-0.4, -0.2) is 36.6 Å². The van der Waals surface area contributed by atoms with Crippen LogP contribution in [0.1, 0.15) is 72.3 Å². The first-order valence-corrected chi connectivity index (χ1v) is 10.3. The van der Waals surface area contributed by atoms with Crippen LogP contribution in [0.5, 0.6) is 0 Å². The summed E-state index contributed by atoms with van der Waals surface area (Å²) in [6, 6.07) is 10.7. The van der Waals surface area contributed by atoms with E-state index in [0.717, 1.165) is 58.2 Å². The van der Waals surface area contributed by atoms with E-state index in [4.69, 9.17) is 4.74 Å². The number of ether oxygens (including phenoxy) is 1. The molecule has 27 heavy (non-hydrogen) atoms. The molecule has 0 bridgehead atoms. The minimum atomic E-state index is -0.213. The highest BCUT2D eigenvalue weighted by Gasteiger charge is 2.46. The van der Waals surface area contributed by atoms with Crippen molar-refractivity contribution in [2.24, 2.45) is 5.41 Å². The van der Waals surface area contributed by atoms with Gasteiger partial charge in [0.25, 0.3) is 0 Å². The average Bonchev–Trinajstić information content (AvgIpc) is 3.03. The number of carbonyl (C=O) groups is 1. The first-order valence-electron chi connectivity index (χ1n) is 10.3. The predicted molar refractivity (Wildman–Crippen MR) is 114 cm³/mol. The molecule has 0 aliphatic carbocycles. The third-order valence-electron chi connectivity index (χ3n) is 6.64. The van der Waals surface area contributed by atoms with E-state index in [1.165, 1.54) is 11.1 Å². The van der Waals surface area contributed by atoms with Crippen LogP contribution in [0.2, 0.25) is 0 Å². The Morgan fingerprint density at radius 1 is 1.15 bits per heavy atom. The lowest BCUT2D eigenvalue weighted by atomic mass is 9.79. The molecule has 3 rings (SSSR count). The zero-order valence-electron chi connectivity index (χ0n) is 16.6. The third-order valence-corrected chi connectivity index (χ3v) is 6.64. The fraction of sp³-hybridized carbons (Fsp3) is 0.625. The van der Waals surface area contributed by atoms with E-state index in [2.05, 4.69) is 56.0 Å². The lowest BCUT2D eigenvalue weighted by Crippen LogP contribution is -2.33. The number of hydrogen-bond acceptors (Lipinski definition) is 3. The number of cyclic esters (lactones) is 1. The summed E-state index contributed by atoms with van der Waals surface area (Å²) in [6.45, 7) is 9.76. The molecule has 3 nitrogen and oxygen atoms in total. The Balaban J connectivity index is 0.00000261. The Hall–Kier alpha value is -1.61. The van der Waals surface area contributed by atoms with Crippen LogP contribution in [-0.2, 0) is 9.53 Å². The molecule has 1 atom stereocenters. The van der Waals surface area contributed by atoms with E-state index in [1.54, 1.807) is 5.57 Å². The van der Waals surface area contributed by atoms with Crippen molar-refractivity contribution in [1.29, 1.82) is 0 Å². The third kappa shape index (κ3) is 4.82. The van der Waals surface area contributed by atoms with Gasteiger partial charge in [-0.1, -0.05) is 57.2 Å². The second-order valence-electron chi connectivity index (χ2n) is 7.94. The topological polar surface area (TPSA) is 29.5 Å². The van der Waals surface area contributed by atoms with Crippen molar-refractivity contribution in [3.8, 4) is 0 Å². The SMILES string of the molecule is C.CCC1(CC)CC(CCN2CCC(=C(C)c3ccccc3)CC2)OC1=O. The summed E-state index contributed by atoms with van der Waals surface area (Å²) in [5.41, 5.74) is 4.18. The van der Waals surface area contributed by atoms with Gasteiger partial charge >= 0.3 is 5.97 Å². The normalized spacial score (nSPS) is 22.3. The highest BCUT2D eigenvalue weighted by molar-refractivity contribution is 5.79. The smallest absolute Gasteiger partial charge is 0.312 e. The maximum absolute atomic E-state index is 12.2. The highest BCUT2D eigenvalue weighted by atomic mass is 16.6. The van der Waals surface area contributed by atoms with Crippen LogP contribution in [0.15, 0.2) is 35.9 Å². The van der Waals surface area contributed by atoms with Gasteiger partial charge < -0.3 is 9.64 Å². The standard InChI is InChI=1S/C23H33NO2.CH4/c1-4-23(5-2)17-21(26-22(23)25)13-16-24-14-11-20(12-15-24)18(3)19-9-7-6-8-10-19;/h6-10,21H,4-5,11-17H2,1-3H3;1H4. The van der Waals surface area contributed by atoms with E-state index >= 15 is 0 Å². The van der Waals surface area contributed by atoms with Gasteiger partial charge in [0.15, 0.2) is 0 Å². The monoisotopic (exact) mass is 371 g/mol. The molecule has 2 fully saturated rings. The summed E-state index contributed by atoms with van der Waals surface area (Å²) in [4.78, 5) is 14.8. The lowest BCUT2D eigenvalue weighted by molar-refractivity contribution is -0.149. The fourth-order valence-electron chi connectivity index (χ4n) is 4.47. The Labute approximate surface area is 165 Å². The molecule has 2 saturated heterocycles. The van der Waals surface area contributed by atoms with Crippen LogP contribution in [0.3, 0.4) is 0 Å². The number of esters is 1. The molecule has 150 valence electrons. The van der Waals surface area contributed by atoms with Gasteiger partial charge in [-0.15, -0.1) is 0 Å². The fourth-order valence-corrected chi connectivity index (χ4v) is 4.47. The Morgan fingerprint density at radius 2 is 1.78 bits per heavy atom. The van der Waals surface area contributed by atoms with Crippen LogP contribution >= 0.6 is 0 Å². The van der Waals surface area contributed by atoms with Gasteiger partial charge in [0.1, 0.15) is 6.10 Å². The molecule has 0 aromatic heterocycles. The minimum Gasteiger partial charge on any atom is -0.462 e. The molecular formula is C24H37NO2. The van der Waals surface area contributed by atoms with Gasteiger partial charge in [-0.2, -0.15) is 0 Å². The number of piperidine rings is 1. The molecule has 1 aromatic carbocycles. The van der Waals surface area contributed by atoms with Crippen molar-refractivity contribution in [3.63, 3.8) is 0 Å². The quantitative estimate of drug-likeness (QED) is 0.600. The first kappa shape index (κ1) is 21.7. The van der Waals surface area contributed by atoms with Gasteiger partial charge in [0.2, 0.25) is 0 Å². The van der Waals surface area contributed by atoms with E-state index < -0.39 is 0 Å². The first-order chi connectivity index (χ1) is 12.6. The molecule has 0 amide bonds. The molecule has 2 aliphatic heterocycles. The Kier molecular flexibility index (Phi) is 7.67. The van der Waals surface area contributed by atoms with Gasteiger partial charge in [-0.3, -0.25) is 4.79 Å². The van der Waals surface area contributed by atoms with Crippen LogP contribution < -0.4 is 0 Å². The van der Waals surface area contributed by atoms with E-state index in [-0.39, 0.29) is 24.9 Å². The number of nitrogens with zero attached hydrogens (tertiary/aromatic N) is 1. The summed E-state index contributed by atoms with van der Waals surface area (Å²) in [7, 11) is 0. The number of likely N-dealkylation sites (tertiary alicyclic amines) is 1. The van der Waals surface area contributed by atoms with Gasteiger partial charge in [0.05, 0.1) is 5.41 Å². The minimum absolute atomic E-state index is 0. The number of allylic oxidation sites excluding steroid dienone is 1. The summed E-state index contributed by atoms with van der Waals surface area (Å²) in [6.07, 6.45) is 6.10. The maximum Gasteiger partial charge on any atom is 0.312 e. The van der Waals surface area contributed by atoms with E-state index in [1.807, 2.05) is 0 Å². The highest BCUT2D eigenvalue weighted by Crippen LogP contribution is 2.41. The van der Waals surface area contributed by atoms with Crippen molar-refractivity contribution in [2.45, 2.75) is 72.8 Å². The Bertz CT molecular complexity index is 636. The van der Waals surface area contributed by atoms with Gasteiger partial charge in [-0.05, 0) is 50.2 Å². The van der Waals surface area contributed by atoms with E-state index in [0.29, 0.717) is 0 Å². The second-order valence-corrected chi connectivity index (χ2v) is 7.94. The second kappa shape index (κ2) is 9.54. The average molecular weight is 372 g/mol. The van der Waals surface area contributed by atoms with Crippen molar-refractivity contribution in [2.75, 3.05) is 19.6 Å². The molecule has 0 radical (unpaired) electrons. The molecule has 2 aliphatic rings. The molecular weight excluding hydrogens is 334 g/mol. The largest absolute Gasteiger partial charge is 0.462 e. The molecule has 1 unspecified atom stereocenters. The summed E-state index contributed by atoms with van der Waals surface area (Å²) >= 11 is 0. The summed E-state index contributed by atoms with van der Waals surface area (Å²) in [5, 5.41) is 0. The number of carbonyl (C=O) groups excluding carboxylic acids is 1. The summed E-state index contributed by atoms with van der Waals surface area (Å²) < 4.78 is 5.69. The van der Waals surface area contributed by atoms with Crippen LogP contribution in [0, 0.1) is 5.41 Å². The van der Waals surface area contributed by atoms with Crippen molar-refractivity contribution >= 4 is 11.5 Å². The number of benzene rings is 1. The lowest BCUT2D eigenvalue weighted by Gasteiger charge is -2.30. The zero-order valence-corrected chi connectivity index (χ0v) is 16.6. The van der Waals surface area contributed by atoms with Crippen molar-refractivity contribution in [1.82, 2.24) is 4.90 Å². The van der Waals surface area contributed by atoms with Crippen LogP contribution in [0.4, 0.5) is 0 Å². The number of rotatable bonds is 6. The molecule has 0 N–H and O–H groups in total. The molecule has 2 heterocycles. The van der Waals surface area contributed by atoms with Crippen LogP contribution in [0.25, 0.3) is 5.57 Å². The maximum atomic E-state index is 12.2. The Morgan fingerprint density at radius 3 is 2.33 bits per heavy atom. The molecule has 0 spiro atoms. The summed E-state index contributed by atoms with van der Waals surface area (Å²) in [5.74, 6) is 0.0369. The predicted octanol–water partition coefficient (Wildman–Crippen LogP) is 5.70. The van der Waals surface area contributed by atoms with Gasteiger partial charge in [-0.25, -0.2) is 0 Å². The van der Waals surface area contributed by atoms with Crippen molar-refractivity contribution in [3.05, 3.63) is 41.5 Å². The van der Waals surface area contributed by atoms with Crippen molar-refractivity contribution < 1.29 is 9.53 Å². The molecule has 3 heteroatoms. The van der Waals surface area contributed by atoms with Gasteiger partial charge in [0, 0.05) is 26.1 Å². The molecule has 0 saturated carbocycles.